The van der Waals surface area contributed by atoms with Gasteiger partial charge >= 0.3 is 0 Å². The maximum absolute atomic E-state index is 12.8. The molecule has 7 heteroatoms. The van der Waals surface area contributed by atoms with Crippen LogP contribution in [0.1, 0.15) is 17.3 Å². The van der Waals surface area contributed by atoms with Crippen LogP contribution in [0.3, 0.4) is 0 Å². The highest BCUT2D eigenvalue weighted by molar-refractivity contribution is 9.10. The Morgan fingerprint density at radius 1 is 1.41 bits per heavy atom. The van der Waals surface area contributed by atoms with Crippen LogP contribution in [0.2, 0.25) is 0 Å². The number of nitrogens with two attached hydrogens (primary N) is 1. The molecule has 1 aliphatic rings. The molecule has 6 nitrogen and oxygen atoms in total. The first-order valence-electron chi connectivity index (χ1n) is 7.10. The lowest BCUT2D eigenvalue weighted by Crippen LogP contribution is -2.56. The summed E-state index contributed by atoms with van der Waals surface area (Å²) in [7, 11) is 1.57. The van der Waals surface area contributed by atoms with Gasteiger partial charge in [-0.3, -0.25) is 9.59 Å². The normalized spacial score (nSPS) is 18.3. The molecule has 1 heterocycles. The first-order valence-corrected chi connectivity index (χ1v) is 7.89. The fraction of sp³-hybridized carbons (Fsp3) is 0.467. The number of methoxy groups -OCH3 is 1. The van der Waals surface area contributed by atoms with Crippen molar-refractivity contribution >= 4 is 27.7 Å². The maximum Gasteiger partial charge on any atom is 0.255 e. The van der Waals surface area contributed by atoms with Gasteiger partial charge in [-0.25, -0.2) is 0 Å². The monoisotopic (exact) mass is 369 g/mol. The number of nitrogens with zero attached hydrogens (tertiary/aromatic N) is 2. The first kappa shape index (κ1) is 16.8. The van der Waals surface area contributed by atoms with Gasteiger partial charge in [0.15, 0.2) is 0 Å². The van der Waals surface area contributed by atoms with Gasteiger partial charge in [0.05, 0.1) is 19.2 Å². The van der Waals surface area contributed by atoms with Crippen LogP contribution in [0, 0.1) is 0 Å². The summed E-state index contributed by atoms with van der Waals surface area (Å²) in [6, 6.07) is 5.25. The number of amides is 2. The molecule has 2 N–H and O–H groups in total. The fourth-order valence-corrected chi connectivity index (χ4v) is 2.98. The molecule has 0 spiro atoms. The van der Waals surface area contributed by atoms with Crippen molar-refractivity contribution in [2.45, 2.75) is 13.0 Å². The molecule has 0 saturated carbocycles. The van der Waals surface area contributed by atoms with E-state index in [1.165, 1.54) is 0 Å². The first-order chi connectivity index (χ1) is 10.5. The van der Waals surface area contributed by atoms with Gasteiger partial charge in [0, 0.05) is 30.1 Å². The second kappa shape index (κ2) is 7.11. The Labute approximate surface area is 138 Å². The molecule has 0 aromatic heterocycles. The molecule has 0 radical (unpaired) electrons. The predicted octanol–water partition coefficient (Wildman–Crippen LogP) is 1.09. The van der Waals surface area contributed by atoms with Gasteiger partial charge in [-0.1, -0.05) is 0 Å². The van der Waals surface area contributed by atoms with E-state index in [9.17, 15) is 9.59 Å². The number of ether oxygens (including phenoxy) is 1. The highest BCUT2D eigenvalue weighted by Gasteiger charge is 2.30. The van der Waals surface area contributed by atoms with E-state index in [4.69, 9.17) is 10.5 Å². The Morgan fingerprint density at radius 2 is 2.14 bits per heavy atom. The summed E-state index contributed by atoms with van der Waals surface area (Å²) >= 11 is 3.41. The lowest BCUT2D eigenvalue weighted by molar-refractivity contribution is -0.132. The van der Waals surface area contributed by atoms with Crippen LogP contribution in [0.5, 0.6) is 5.75 Å². The average molecular weight is 370 g/mol. The maximum atomic E-state index is 12.8. The molecule has 1 unspecified atom stereocenters. The molecule has 1 saturated heterocycles. The number of hydrogen-bond donors (Lipinski definition) is 1. The molecule has 1 atom stereocenters. The van der Waals surface area contributed by atoms with E-state index in [1.54, 1.807) is 35.1 Å². The number of benzene rings is 1. The predicted molar refractivity (Wildman–Crippen MR) is 86.8 cm³/mol. The quantitative estimate of drug-likeness (QED) is 0.864. The number of hydrogen-bond acceptors (Lipinski definition) is 4. The lowest BCUT2D eigenvalue weighted by Gasteiger charge is -2.40. The zero-order valence-corrected chi connectivity index (χ0v) is 14.3. The number of carbonyl (C=O) groups excluding carboxylic acids is 2. The van der Waals surface area contributed by atoms with Crippen LogP contribution in [0.25, 0.3) is 0 Å². The Hall–Kier alpha value is -1.60. The van der Waals surface area contributed by atoms with Gasteiger partial charge in [0.25, 0.3) is 5.91 Å². The molecule has 1 fully saturated rings. The zero-order valence-electron chi connectivity index (χ0n) is 12.7. The van der Waals surface area contributed by atoms with Crippen molar-refractivity contribution in [3.63, 3.8) is 0 Å². The van der Waals surface area contributed by atoms with E-state index < -0.39 is 0 Å². The van der Waals surface area contributed by atoms with Gasteiger partial charge in [0.1, 0.15) is 5.75 Å². The Balaban J connectivity index is 2.15. The lowest BCUT2D eigenvalue weighted by atomic mass is 10.1. The van der Waals surface area contributed by atoms with Crippen molar-refractivity contribution in [2.75, 3.05) is 33.3 Å². The third-order valence-corrected chi connectivity index (χ3v) is 4.51. The third-order valence-electron chi connectivity index (χ3n) is 3.82. The standard InChI is InChI=1S/C15H20BrN3O3/c1-10-9-18(14(20)8-17)5-6-19(10)15(21)12-7-11(22-2)3-4-13(12)16/h3-4,7,10H,5-6,8-9,17H2,1-2H3. The van der Waals surface area contributed by atoms with Crippen LogP contribution < -0.4 is 10.5 Å². The van der Waals surface area contributed by atoms with E-state index in [2.05, 4.69) is 15.9 Å². The minimum absolute atomic E-state index is 0.00208. The van der Waals surface area contributed by atoms with Crippen LogP contribution in [-0.2, 0) is 4.79 Å². The Kier molecular flexibility index (Phi) is 5.42. The number of piperazine rings is 1. The van der Waals surface area contributed by atoms with Crippen LogP contribution >= 0.6 is 15.9 Å². The summed E-state index contributed by atoms with van der Waals surface area (Å²) in [6.45, 7) is 3.44. The third kappa shape index (κ3) is 3.41. The highest BCUT2D eigenvalue weighted by atomic mass is 79.9. The van der Waals surface area contributed by atoms with Crippen molar-refractivity contribution in [1.29, 1.82) is 0 Å². The summed E-state index contributed by atoms with van der Waals surface area (Å²) in [6.07, 6.45) is 0. The summed E-state index contributed by atoms with van der Waals surface area (Å²) in [5.41, 5.74) is 5.95. The molecule has 2 rings (SSSR count). The van der Waals surface area contributed by atoms with Crippen LogP contribution in [-0.4, -0.2) is 60.9 Å². The molecular formula is C15H20BrN3O3. The van der Waals surface area contributed by atoms with Crippen molar-refractivity contribution in [2.24, 2.45) is 5.73 Å². The molecule has 1 aromatic carbocycles. The van der Waals surface area contributed by atoms with E-state index in [0.29, 0.717) is 30.9 Å². The summed E-state index contributed by atoms with van der Waals surface area (Å²) < 4.78 is 5.91. The molecule has 0 aliphatic carbocycles. The molecule has 1 aromatic rings. The Morgan fingerprint density at radius 3 is 2.73 bits per heavy atom. The Bertz CT molecular complexity index is 579. The second-order valence-electron chi connectivity index (χ2n) is 5.24. The van der Waals surface area contributed by atoms with Gasteiger partial charge in [-0.15, -0.1) is 0 Å². The molecule has 2 amide bonds. The zero-order chi connectivity index (χ0) is 16.3. The number of halogens is 1. The number of carbonyl (C=O) groups is 2. The average Bonchev–Trinajstić information content (AvgIpc) is 2.53. The van der Waals surface area contributed by atoms with E-state index in [1.807, 2.05) is 6.92 Å². The smallest absolute Gasteiger partial charge is 0.255 e. The summed E-state index contributed by atoms with van der Waals surface area (Å²) in [4.78, 5) is 27.9. The minimum atomic E-state index is -0.0819. The van der Waals surface area contributed by atoms with E-state index in [0.717, 1.165) is 4.47 Å². The van der Waals surface area contributed by atoms with Gasteiger partial charge in [-0.05, 0) is 41.1 Å². The van der Waals surface area contributed by atoms with Gasteiger partial charge in [-0.2, -0.15) is 0 Å². The van der Waals surface area contributed by atoms with E-state index >= 15 is 0 Å². The minimum Gasteiger partial charge on any atom is -0.497 e. The molecule has 1 aliphatic heterocycles. The second-order valence-corrected chi connectivity index (χ2v) is 6.09. The van der Waals surface area contributed by atoms with Crippen molar-refractivity contribution < 1.29 is 14.3 Å². The SMILES string of the molecule is COc1ccc(Br)c(C(=O)N2CCN(C(=O)CN)CC2C)c1. The van der Waals surface area contributed by atoms with Crippen LogP contribution in [0.15, 0.2) is 22.7 Å². The van der Waals surface area contributed by atoms with Gasteiger partial charge < -0.3 is 20.3 Å². The summed E-state index contributed by atoms with van der Waals surface area (Å²) in [5.74, 6) is 0.482. The largest absolute Gasteiger partial charge is 0.497 e. The molecule has 0 bridgehead atoms. The fourth-order valence-electron chi connectivity index (χ4n) is 2.56. The molecule has 22 heavy (non-hydrogen) atoms. The molecular weight excluding hydrogens is 350 g/mol. The number of rotatable bonds is 3. The van der Waals surface area contributed by atoms with Crippen molar-refractivity contribution in [3.8, 4) is 5.75 Å². The van der Waals surface area contributed by atoms with E-state index in [-0.39, 0.29) is 24.4 Å². The van der Waals surface area contributed by atoms with Crippen molar-refractivity contribution in [3.05, 3.63) is 28.2 Å². The molecule has 120 valence electrons. The van der Waals surface area contributed by atoms with Gasteiger partial charge in [0.2, 0.25) is 5.91 Å². The van der Waals surface area contributed by atoms with Crippen LogP contribution in [0.4, 0.5) is 0 Å². The highest BCUT2D eigenvalue weighted by Crippen LogP contribution is 2.25. The summed E-state index contributed by atoms with van der Waals surface area (Å²) in [5, 5.41) is 0. The van der Waals surface area contributed by atoms with Crippen molar-refractivity contribution in [1.82, 2.24) is 9.80 Å². The topological polar surface area (TPSA) is 75.9 Å².